The van der Waals surface area contributed by atoms with Crippen LogP contribution in [0.5, 0.6) is 0 Å². The summed E-state index contributed by atoms with van der Waals surface area (Å²) in [6.45, 7) is 0.485. The molecule has 19 heavy (non-hydrogen) atoms. The van der Waals surface area contributed by atoms with E-state index in [1.807, 2.05) is 0 Å². The summed E-state index contributed by atoms with van der Waals surface area (Å²) in [7, 11) is -4.36. The van der Waals surface area contributed by atoms with Crippen LogP contribution in [0.15, 0.2) is 29.2 Å². The van der Waals surface area contributed by atoms with E-state index < -0.39 is 20.8 Å². The van der Waals surface area contributed by atoms with Crippen molar-refractivity contribution in [1.29, 1.82) is 0 Å². The SMILES string of the molecule is CS(=O)CCNc1ccccc1S(=O)(=O)NC1CC1. The highest BCUT2D eigenvalue weighted by molar-refractivity contribution is 7.89. The molecule has 1 aliphatic rings. The molecule has 1 aromatic carbocycles. The first-order valence-corrected chi connectivity index (χ1v) is 9.35. The van der Waals surface area contributed by atoms with E-state index in [4.69, 9.17) is 0 Å². The first-order valence-electron chi connectivity index (χ1n) is 6.14. The van der Waals surface area contributed by atoms with Gasteiger partial charge in [-0.1, -0.05) is 12.1 Å². The number of anilines is 1. The molecule has 1 aromatic rings. The second kappa shape index (κ2) is 6.02. The molecule has 1 saturated carbocycles. The van der Waals surface area contributed by atoms with Crippen molar-refractivity contribution in [3.63, 3.8) is 0 Å². The molecule has 1 unspecified atom stereocenters. The van der Waals surface area contributed by atoms with E-state index in [-0.39, 0.29) is 10.9 Å². The summed E-state index contributed by atoms with van der Waals surface area (Å²) in [4.78, 5) is 0.254. The summed E-state index contributed by atoms with van der Waals surface area (Å²) < 4.78 is 38.0. The number of para-hydroxylation sites is 1. The summed E-state index contributed by atoms with van der Waals surface area (Å²) in [6, 6.07) is 6.86. The molecule has 0 radical (unpaired) electrons. The van der Waals surface area contributed by atoms with Gasteiger partial charge in [-0.15, -0.1) is 0 Å². The highest BCUT2D eigenvalue weighted by atomic mass is 32.2. The number of sulfonamides is 1. The quantitative estimate of drug-likeness (QED) is 0.785. The fourth-order valence-electron chi connectivity index (χ4n) is 1.66. The van der Waals surface area contributed by atoms with Gasteiger partial charge in [-0.3, -0.25) is 4.21 Å². The first-order chi connectivity index (χ1) is 8.99. The molecule has 5 nitrogen and oxygen atoms in total. The fourth-order valence-corrected chi connectivity index (χ4v) is 3.54. The van der Waals surface area contributed by atoms with Crippen LogP contribution in [0.2, 0.25) is 0 Å². The maximum Gasteiger partial charge on any atom is 0.242 e. The molecular formula is C12H18N2O3S2. The van der Waals surface area contributed by atoms with Gasteiger partial charge in [-0.2, -0.15) is 0 Å². The molecule has 0 aliphatic heterocycles. The Hall–Kier alpha value is -0.920. The van der Waals surface area contributed by atoms with Gasteiger partial charge in [-0.25, -0.2) is 13.1 Å². The third-order valence-electron chi connectivity index (χ3n) is 2.78. The summed E-state index contributed by atoms with van der Waals surface area (Å²) in [5.41, 5.74) is 0.557. The maximum atomic E-state index is 12.2. The van der Waals surface area contributed by atoms with Gasteiger partial charge >= 0.3 is 0 Å². The Balaban J connectivity index is 2.12. The minimum atomic E-state index is -3.47. The van der Waals surface area contributed by atoms with Gasteiger partial charge in [0.2, 0.25) is 10.0 Å². The maximum absolute atomic E-state index is 12.2. The smallest absolute Gasteiger partial charge is 0.242 e. The standard InChI is InChI=1S/C12H18N2O3S2/c1-18(15)9-8-13-11-4-2-3-5-12(11)19(16,17)14-10-6-7-10/h2-5,10,13-14H,6-9H2,1H3. The minimum Gasteiger partial charge on any atom is -0.383 e. The van der Waals surface area contributed by atoms with E-state index in [0.29, 0.717) is 18.0 Å². The van der Waals surface area contributed by atoms with Crippen LogP contribution in [0.3, 0.4) is 0 Å². The van der Waals surface area contributed by atoms with Crippen molar-refractivity contribution in [1.82, 2.24) is 4.72 Å². The molecule has 2 rings (SSSR count). The van der Waals surface area contributed by atoms with Crippen LogP contribution in [0.4, 0.5) is 5.69 Å². The van der Waals surface area contributed by atoms with Gasteiger partial charge in [0.05, 0.1) is 5.69 Å². The van der Waals surface area contributed by atoms with Crippen LogP contribution in [0, 0.1) is 0 Å². The van der Waals surface area contributed by atoms with Crippen LogP contribution < -0.4 is 10.0 Å². The summed E-state index contributed by atoms with van der Waals surface area (Å²) in [5, 5.41) is 3.03. The lowest BCUT2D eigenvalue weighted by atomic mass is 10.3. The van der Waals surface area contributed by atoms with Crippen molar-refractivity contribution >= 4 is 26.5 Å². The molecule has 1 fully saturated rings. The molecule has 2 N–H and O–H groups in total. The lowest BCUT2D eigenvalue weighted by Gasteiger charge is -2.12. The number of rotatable bonds is 7. The van der Waals surface area contributed by atoms with Gasteiger partial charge in [0.15, 0.2) is 0 Å². The molecule has 106 valence electrons. The van der Waals surface area contributed by atoms with Gasteiger partial charge in [0, 0.05) is 35.4 Å². The second-order valence-corrected chi connectivity index (χ2v) is 7.83. The zero-order valence-electron chi connectivity index (χ0n) is 10.8. The highest BCUT2D eigenvalue weighted by Gasteiger charge is 2.29. The Morgan fingerprint density at radius 1 is 1.32 bits per heavy atom. The average Bonchev–Trinajstić information content (AvgIpc) is 3.12. The summed E-state index contributed by atoms with van der Waals surface area (Å²) in [6.07, 6.45) is 3.44. The van der Waals surface area contributed by atoms with Crippen molar-refractivity contribution in [2.24, 2.45) is 0 Å². The van der Waals surface area contributed by atoms with Crippen molar-refractivity contribution in [2.45, 2.75) is 23.8 Å². The Labute approximate surface area is 116 Å². The van der Waals surface area contributed by atoms with Crippen molar-refractivity contribution in [2.75, 3.05) is 23.9 Å². The van der Waals surface area contributed by atoms with Crippen LogP contribution in [-0.4, -0.2) is 37.2 Å². The molecule has 1 aliphatic carbocycles. The van der Waals surface area contributed by atoms with Crippen molar-refractivity contribution in [3.05, 3.63) is 24.3 Å². The molecule has 0 amide bonds. The molecule has 0 saturated heterocycles. The largest absolute Gasteiger partial charge is 0.383 e. The highest BCUT2D eigenvalue weighted by Crippen LogP contribution is 2.25. The third-order valence-corrected chi connectivity index (χ3v) is 5.14. The Morgan fingerprint density at radius 2 is 2.00 bits per heavy atom. The molecule has 7 heteroatoms. The monoisotopic (exact) mass is 302 g/mol. The van der Waals surface area contributed by atoms with Crippen LogP contribution in [0.1, 0.15) is 12.8 Å². The lowest BCUT2D eigenvalue weighted by molar-refractivity contribution is 0.581. The lowest BCUT2D eigenvalue weighted by Crippen LogP contribution is -2.26. The molecule has 0 spiro atoms. The molecule has 0 heterocycles. The normalized spacial score (nSPS) is 17.1. The molecule has 0 bridgehead atoms. The number of nitrogens with one attached hydrogen (secondary N) is 2. The van der Waals surface area contributed by atoms with E-state index in [1.165, 1.54) is 0 Å². The minimum absolute atomic E-state index is 0.0844. The topological polar surface area (TPSA) is 75.3 Å². The first kappa shape index (κ1) is 14.5. The fraction of sp³-hybridized carbons (Fsp3) is 0.500. The summed E-state index contributed by atoms with van der Waals surface area (Å²) in [5.74, 6) is 0.491. The predicted octanol–water partition coefficient (Wildman–Crippen LogP) is 0.918. The van der Waals surface area contributed by atoms with Crippen molar-refractivity contribution < 1.29 is 12.6 Å². The van der Waals surface area contributed by atoms with Gasteiger partial charge in [0.25, 0.3) is 0 Å². The van der Waals surface area contributed by atoms with Crippen LogP contribution in [0.25, 0.3) is 0 Å². The number of hydrogen-bond donors (Lipinski definition) is 2. The molecular weight excluding hydrogens is 284 g/mol. The second-order valence-electron chi connectivity index (χ2n) is 4.60. The Morgan fingerprint density at radius 3 is 2.63 bits per heavy atom. The van der Waals surface area contributed by atoms with E-state index in [9.17, 15) is 12.6 Å². The molecule has 0 aromatic heterocycles. The van der Waals surface area contributed by atoms with Crippen LogP contribution in [-0.2, 0) is 20.8 Å². The van der Waals surface area contributed by atoms with Crippen molar-refractivity contribution in [3.8, 4) is 0 Å². The molecule has 1 atom stereocenters. The number of hydrogen-bond acceptors (Lipinski definition) is 4. The van der Waals surface area contributed by atoms with E-state index >= 15 is 0 Å². The van der Waals surface area contributed by atoms with Crippen LogP contribution >= 0.6 is 0 Å². The zero-order valence-corrected chi connectivity index (χ0v) is 12.4. The van der Waals surface area contributed by atoms with E-state index in [2.05, 4.69) is 10.0 Å². The Kier molecular flexibility index (Phi) is 4.59. The van der Waals surface area contributed by atoms with Gasteiger partial charge in [-0.05, 0) is 25.0 Å². The van der Waals surface area contributed by atoms with Gasteiger partial charge < -0.3 is 5.32 Å². The number of benzene rings is 1. The Bertz CT molecular complexity index is 568. The zero-order chi connectivity index (χ0) is 13.9. The average molecular weight is 302 g/mol. The van der Waals surface area contributed by atoms with Gasteiger partial charge in [0.1, 0.15) is 4.90 Å². The predicted molar refractivity (Wildman–Crippen MR) is 77.2 cm³/mol. The van der Waals surface area contributed by atoms with E-state index in [0.717, 1.165) is 12.8 Å². The van der Waals surface area contributed by atoms with E-state index in [1.54, 1.807) is 30.5 Å². The summed E-state index contributed by atoms with van der Waals surface area (Å²) >= 11 is 0. The third kappa shape index (κ3) is 4.29.